The van der Waals surface area contributed by atoms with E-state index in [1.54, 1.807) is 0 Å². The maximum Gasteiger partial charge on any atom is 0.347 e. The highest BCUT2D eigenvalue weighted by Gasteiger charge is 2.36. The lowest BCUT2D eigenvalue weighted by Gasteiger charge is -2.33. The first-order chi connectivity index (χ1) is 16.5. The van der Waals surface area contributed by atoms with Gasteiger partial charge in [-0.05, 0) is 32.0 Å². The number of hydrogen-bond acceptors (Lipinski definition) is 8. The van der Waals surface area contributed by atoms with Gasteiger partial charge in [0.2, 0.25) is 0 Å². The molecule has 1 aliphatic heterocycles. The summed E-state index contributed by atoms with van der Waals surface area (Å²) in [7, 11) is 3.31. The lowest BCUT2D eigenvalue weighted by atomic mass is 9.95. The Kier molecular flexibility index (Phi) is 6.26. The Morgan fingerprint density at radius 2 is 1.91 bits per heavy atom. The number of hydrogen-bond donors (Lipinski definition) is 0. The maximum absolute atomic E-state index is 12.7. The number of carbonyl (C=O) groups is 1. The van der Waals surface area contributed by atoms with Crippen molar-refractivity contribution in [3.63, 3.8) is 0 Å². The Hall–Kier alpha value is -2.98. The normalized spacial score (nSPS) is 17.9. The zero-order valence-electron chi connectivity index (χ0n) is 19.5. The van der Waals surface area contributed by atoms with E-state index in [1.807, 2.05) is 31.6 Å². The number of nitro groups is 1. The number of ether oxygens (including phenoxy) is 1. The van der Waals surface area contributed by atoms with Crippen LogP contribution in [0.2, 0.25) is 0 Å². The molecule has 34 heavy (non-hydrogen) atoms. The van der Waals surface area contributed by atoms with Crippen molar-refractivity contribution >= 4 is 39.0 Å². The number of imidazole rings is 1. The number of thiophene rings is 1. The number of fused-ring (bicyclic) bond motifs is 1. The summed E-state index contributed by atoms with van der Waals surface area (Å²) < 4.78 is 7.23. The SMILES string of the molecule is COC(=O)c1c(N2CCN(C)CC2)sc(-c2ccc3c(c2)ncn3C2CCCCC2)c1[N+](=O)[O-]. The summed E-state index contributed by atoms with van der Waals surface area (Å²) in [5, 5.41) is 12.8. The van der Waals surface area contributed by atoms with Crippen molar-refractivity contribution in [2.75, 3.05) is 45.2 Å². The van der Waals surface area contributed by atoms with E-state index in [-0.39, 0.29) is 11.3 Å². The van der Waals surface area contributed by atoms with E-state index in [0.29, 0.717) is 34.6 Å². The molecule has 3 heterocycles. The number of esters is 1. The number of aromatic nitrogens is 2. The largest absolute Gasteiger partial charge is 0.465 e. The smallest absolute Gasteiger partial charge is 0.347 e. The predicted octanol–water partition coefficient (Wildman–Crippen LogP) is 4.72. The molecular formula is C24H29N5O4S. The minimum Gasteiger partial charge on any atom is -0.465 e. The highest BCUT2D eigenvalue weighted by Crippen LogP contribution is 2.48. The summed E-state index contributed by atoms with van der Waals surface area (Å²) >= 11 is 1.29. The van der Waals surface area contributed by atoms with Gasteiger partial charge in [0.05, 0.1) is 29.4 Å². The van der Waals surface area contributed by atoms with Gasteiger partial charge in [-0.25, -0.2) is 9.78 Å². The molecule has 9 nitrogen and oxygen atoms in total. The van der Waals surface area contributed by atoms with Crippen LogP contribution in [0.5, 0.6) is 0 Å². The van der Waals surface area contributed by atoms with Gasteiger partial charge in [-0.1, -0.05) is 25.3 Å². The minimum absolute atomic E-state index is 0.0462. The molecule has 1 aliphatic carbocycles. The minimum atomic E-state index is -0.675. The Bertz CT molecular complexity index is 1220. The number of anilines is 1. The molecule has 0 bridgehead atoms. The molecule has 5 rings (SSSR count). The first-order valence-corrected chi connectivity index (χ1v) is 12.6. The lowest BCUT2D eigenvalue weighted by molar-refractivity contribution is -0.384. The summed E-state index contributed by atoms with van der Waals surface area (Å²) in [5.41, 5.74) is 2.42. The summed E-state index contributed by atoms with van der Waals surface area (Å²) in [6.07, 6.45) is 7.95. The molecule has 180 valence electrons. The molecule has 0 amide bonds. The first kappa shape index (κ1) is 22.8. The molecule has 0 unspecified atom stereocenters. The third-order valence-corrected chi connectivity index (χ3v) is 8.32. The van der Waals surface area contributed by atoms with E-state index < -0.39 is 10.9 Å². The van der Waals surface area contributed by atoms with E-state index in [1.165, 1.54) is 37.7 Å². The van der Waals surface area contributed by atoms with Gasteiger partial charge in [-0.15, -0.1) is 11.3 Å². The summed E-state index contributed by atoms with van der Waals surface area (Å²) in [5.74, 6) is -0.675. The molecule has 1 saturated carbocycles. The molecule has 0 N–H and O–H groups in total. The van der Waals surface area contributed by atoms with Crippen molar-refractivity contribution in [3.05, 3.63) is 40.2 Å². The van der Waals surface area contributed by atoms with E-state index >= 15 is 0 Å². The highest BCUT2D eigenvalue weighted by molar-refractivity contribution is 7.20. The fourth-order valence-corrected chi connectivity index (χ4v) is 6.43. The standard InChI is InChI=1S/C24H29N5O4S/c1-26-10-12-27(13-11-26)23-20(24(30)33-2)21(29(31)32)22(34-23)16-8-9-19-18(14-16)25-15-28(19)17-6-4-3-5-7-17/h8-9,14-15,17H,3-7,10-13H2,1-2H3. The van der Waals surface area contributed by atoms with Gasteiger partial charge in [0.15, 0.2) is 5.56 Å². The van der Waals surface area contributed by atoms with Crippen LogP contribution in [0.3, 0.4) is 0 Å². The van der Waals surface area contributed by atoms with Crippen molar-refractivity contribution in [2.45, 2.75) is 38.1 Å². The van der Waals surface area contributed by atoms with Gasteiger partial charge in [0.1, 0.15) is 9.88 Å². The molecule has 2 aromatic heterocycles. The van der Waals surface area contributed by atoms with E-state index in [9.17, 15) is 14.9 Å². The van der Waals surface area contributed by atoms with E-state index in [0.717, 1.165) is 37.0 Å². The average Bonchev–Trinajstić information content (AvgIpc) is 3.46. The number of benzene rings is 1. The van der Waals surface area contributed by atoms with Crippen molar-refractivity contribution in [1.29, 1.82) is 0 Å². The van der Waals surface area contributed by atoms with Gasteiger partial charge in [-0.3, -0.25) is 10.1 Å². The Balaban J connectivity index is 1.59. The number of methoxy groups -OCH3 is 1. The molecular weight excluding hydrogens is 454 g/mol. The number of nitrogens with zero attached hydrogens (tertiary/aromatic N) is 5. The summed E-state index contributed by atoms with van der Waals surface area (Å²) in [6.45, 7) is 3.04. The second kappa shape index (κ2) is 9.34. The Labute approximate surface area is 202 Å². The number of rotatable bonds is 5. The van der Waals surface area contributed by atoms with Crippen LogP contribution in [0.15, 0.2) is 24.5 Å². The molecule has 10 heteroatoms. The zero-order valence-corrected chi connectivity index (χ0v) is 20.3. The van der Waals surface area contributed by atoms with Gasteiger partial charge >= 0.3 is 11.7 Å². The van der Waals surface area contributed by atoms with Gasteiger partial charge in [0, 0.05) is 37.8 Å². The molecule has 1 aromatic carbocycles. The number of piperazine rings is 1. The predicted molar refractivity (Wildman–Crippen MR) is 133 cm³/mol. The van der Waals surface area contributed by atoms with Gasteiger partial charge < -0.3 is 19.1 Å². The maximum atomic E-state index is 12.7. The Morgan fingerprint density at radius 1 is 1.18 bits per heavy atom. The molecule has 2 aliphatic rings. The third-order valence-electron chi connectivity index (χ3n) is 7.03. The number of carbonyl (C=O) groups excluding carboxylic acids is 1. The van der Waals surface area contributed by atoms with Crippen LogP contribution in [0.4, 0.5) is 10.7 Å². The first-order valence-electron chi connectivity index (χ1n) is 11.8. The summed E-state index contributed by atoms with van der Waals surface area (Å²) in [6, 6.07) is 6.28. The van der Waals surface area contributed by atoms with Crippen LogP contribution in [-0.4, -0.2) is 65.7 Å². The molecule has 0 atom stereocenters. The fraction of sp³-hybridized carbons (Fsp3) is 0.500. The van der Waals surface area contributed by atoms with Crippen LogP contribution in [-0.2, 0) is 4.74 Å². The molecule has 0 spiro atoms. The molecule has 3 aromatic rings. The highest BCUT2D eigenvalue weighted by atomic mass is 32.1. The second-order valence-electron chi connectivity index (χ2n) is 9.15. The van der Waals surface area contributed by atoms with Crippen molar-refractivity contribution < 1.29 is 14.5 Å². The van der Waals surface area contributed by atoms with E-state index in [4.69, 9.17) is 4.74 Å². The van der Waals surface area contributed by atoms with Crippen molar-refractivity contribution in [2.24, 2.45) is 0 Å². The quantitative estimate of drug-likeness (QED) is 0.294. The average molecular weight is 484 g/mol. The monoisotopic (exact) mass is 483 g/mol. The topological polar surface area (TPSA) is 93.7 Å². The van der Waals surface area contributed by atoms with Crippen LogP contribution in [0, 0.1) is 10.1 Å². The van der Waals surface area contributed by atoms with Crippen molar-refractivity contribution in [1.82, 2.24) is 14.5 Å². The third kappa shape index (κ3) is 4.05. The van der Waals surface area contributed by atoms with Crippen LogP contribution in [0.25, 0.3) is 21.5 Å². The van der Waals surface area contributed by atoms with Crippen LogP contribution >= 0.6 is 11.3 Å². The Morgan fingerprint density at radius 3 is 2.59 bits per heavy atom. The van der Waals surface area contributed by atoms with Crippen LogP contribution < -0.4 is 4.90 Å². The summed E-state index contributed by atoms with van der Waals surface area (Å²) in [4.78, 5) is 33.8. The molecule has 1 saturated heterocycles. The van der Waals surface area contributed by atoms with Crippen LogP contribution in [0.1, 0.15) is 48.5 Å². The van der Waals surface area contributed by atoms with Crippen molar-refractivity contribution in [3.8, 4) is 10.4 Å². The molecule has 0 radical (unpaired) electrons. The zero-order chi connectivity index (χ0) is 23.8. The second-order valence-corrected chi connectivity index (χ2v) is 10.1. The van der Waals surface area contributed by atoms with Gasteiger partial charge in [0.25, 0.3) is 0 Å². The fourth-order valence-electron chi connectivity index (χ4n) is 5.12. The lowest BCUT2D eigenvalue weighted by Crippen LogP contribution is -2.44. The van der Waals surface area contributed by atoms with E-state index in [2.05, 4.69) is 19.4 Å². The molecule has 2 fully saturated rings. The number of likely N-dealkylation sites (N-methyl/N-ethyl adjacent to an activating group) is 1. The van der Waals surface area contributed by atoms with Gasteiger partial charge in [-0.2, -0.15) is 0 Å².